The summed E-state index contributed by atoms with van der Waals surface area (Å²) in [5, 5.41) is 1.21. The third-order valence-electron chi connectivity index (χ3n) is 2.86. The van der Waals surface area contributed by atoms with Gasteiger partial charge in [0.1, 0.15) is 11.3 Å². The molecule has 0 aliphatic carbocycles. The minimum absolute atomic E-state index is 0.0209. The van der Waals surface area contributed by atoms with Gasteiger partial charge in [-0.15, -0.1) is 0 Å². The van der Waals surface area contributed by atoms with Crippen LogP contribution in [0.5, 0.6) is 0 Å². The fraction of sp³-hybridized carbons (Fsp3) is 0. The summed E-state index contributed by atoms with van der Waals surface area (Å²) in [6.07, 6.45) is 1.41. The van der Waals surface area contributed by atoms with Crippen LogP contribution in [0.4, 0.5) is 5.69 Å². The summed E-state index contributed by atoms with van der Waals surface area (Å²) in [6.45, 7) is 0. The molecule has 1 aromatic heterocycles. The zero-order valence-corrected chi connectivity index (χ0v) is 13.6. The molecule has 2 heterocycles. The summed E-state index contributed by atoms with van der Waals surface area (Å²) in [5.74, 6) is -0.482. The molecule has 106 valence electrons. The molecule has 0 radical (unpaired) electrons. The molecule has 1 fully saturated rings. The van der Waals surface area contributed by atoms with Gasteiger partial charge in [-0.3, -0.25) is 15.0 Å². The van der Waals surface area contributed by atoms with Crippen molar-refractivity contribution < 1.29 is 14.0 Å². The third kappa shape index (κ3) is 2.66. The highest BCUT2D eigenvalue weighted by Crippen LogP contribution is 2.29. The maximum Gasteiger partial charge on any atom is 0.282 e. The Kier molecular flexibility index (Phi) is 3.69. The third-order valence-corrected chi connectivity index (χ3v) is 4.57. The van der Waals surface area contributed by atoms with E-state index < -0.39 is 11.8 Å². The van der Waals surface area contributed by atoms with Crippen molar-refractivity contribution in [3.8, 4) is 0 Å². The number of furan rings is 1. The molecule has 2 amide bonds. The van der Waals surface area contributed by atoms with Gasteiger partial charge in [-0.2, -0.15) is 0 Å². The molecule has 0 unspecified atom stereocenters. The second-order valence-corrected chi connectivity index (χ2v) is 5.82. The van der Waals surface area contributed by atoms with E-state index in [-0.39, 0.29) is 5.57 Å². The SMILES string of the molecule is O=C1NN(c2ccccc2)C(=O)/C1=C\c1cc(Br)c(Br)o1. The van der Waals surface area contributed by atoms with Gasteiger partial charge in [0, 0.05) is 0 Å². The first-order chi connectivity index (χ1) is 10.1. The number of nitrogens with one attached hydrogen (secondary N) is 1. The molecule has 21 heavy (non-hydrogen) atoms. The molecule has 1 aromatic carbocycles. The van der Waals surface area contributed by atoms with E-state index in [9.17, 15) is 9.59 Å². The average Bonchev–Trinajstić information content (AvgIpc) is 2.94. The van der Waals surface area contributed by atoms with Crippen LogP contribution in [-0.2, 0) is 9.59 Å². The quantitative estimate of drug-likeness (QED) is 0.609. The van der Waals surface area contributed by atoms with E-state index in [0.29, 0.717) is 20.6 Å². The summed E-state index contributed by atoms with van der Waals surface area (Å²) < 4.78 is 6.57. The van der Waals surface area contributed by atoms with E-state index in [1.54, 1.807) is 30.3 Å². The smallest absolute Gasteiger partial charge is 0.282 e. The predicted octanol–water partition coefficient (Wildman–Crippen LogP) is 3.27. The molecule has 7 heteroatoms. The Balaban J connectivity index is 1.94. The van der Waals surface area contributed by atoms with E-state index in [2.05, 4.69) is 37.3 Å². The number of hydrazine groups is 1. The van der Waals surface area contributed by atoms with Crippen LogP contribution in [0.25, 0.3) is 6.08 Å². The Morgan fingerprint density at radius 1 is 1.14 bits per heavy atom. The van der Waals surface area contributed by atoms with Crippen LogP contribution in [0.15, 0.2) is 55.5 Å². The van der Waals surface area contributed by atoms with Gasteiger partial charge in [-0.1, -0.05) is 18.2 Å². The number of para-hydroxylation sites is 1. The van der Waals surface area contributed by atoms with Crippen molar-refractivity contribution >= 4 is 55.4 Å². The zero-order valence-electron chi connectivity index (χ0n) is 10.5. The molecule has 0 atom stereocenters. The summed E-state index contributed by atoms with van der Waals surface area (Å²) in [4.78, 5) is 24.3. The van der Waals surface area contributed by atoms with Gasteiger partial charge < -0.3 is 4.42 Å². The molecular weight excluding hydrogens is 404 g/mol. The molecule has 1 N–H and O–H groups in total. The summed E-state index contributed by atoms with van der Waals surface area (Å²) in [5.41, 5.74) is 3.14. The van der Waals surface area contributed by atoms with Crippen LogP contribution in [0.1, 0.15) is 5.76 Å². The highest BCUT2D eigenvalue weighted by atomic mass is 79.9. The van der Waals surface area contributed by atoms with Gasteiger partial charge in [-0.25, -0.2) is 5.01 Å². The van der Waals surface area contributed by atoms with Crippen LogP contribution in [0.2, 0.25) is 0 Å². The summed E-state index contributed by atoms with van der Waals surface area (Å²) >= 11 is 6.48. The molecular formula is C14H8Br2N2O3. The first-order valence-electron chi connectivity index (χ1n) is 5.93. The van der Waals surface area contributed by atoms with Crippen LogP contribution < -0.4 is 10.4 Å². The Hall–Kier alpha value is -1.86. The molecule has 1 aliphatic heterocycles. The number of hydrogen-bond acceptors (Lipinski definition) is 3. The minimum atomic E-state index is -0.465. The van der Waals surface area contributed by atoms with Gasteiger partial charge in [0.25, 0.3) is 11.8 Å². The number of halogens is 2. The molecule has 0 saturated carbocycles. The normalized spacial score (nSPS) is 16.7. The number of carbonyl (C=O) groups excluding carboxylic acids is 2. The lowest BCUT2D eigenvalue weighted by atomic mass is 10.2. The number of benzene rings is 1. The number of rotatable bonds is 2. The molecule has 2 aromatic rings. The highest BCUT2D eigenvalue weighted by Gasteiger charge is 2.34. The maximum atomic E-state index is 12.3. The first-order valence-corrected chi connectivity index (χ1v) is 7.52. The Bertz CT molecular complexity index is 733. The van der Waals surface area contributed by atoms with Crippen molar-refractivity contribution in [3.63, 3.8) is 0 Å². The highest BCUT2D eigenvalue weighted by molar-refractivity contribution is 9.13. The maximum absolute atomic E-state index is 12.3. The molecule has 1 saturated heterocycles. The Labute approximate surface area is 136 Å². The van der Waals surface area contributed by atoms with E-state index >= 15 is 0 Å². The van der Waals surface area contributed by atoms with Crippen molar-refractivity contribution in [1.82, 2.24) is 5.43 Å². The number of hydrogen-bond donors (Lipinski definition) is 1. The minimum Gasteiger partial charge on any atom is -0.449 e. The largest absolute Gasteiger partial charge is 0.449 e. The second-order valence-electron chi connectivity index (χ2n) is 4.25. The van der Waals surface area contributed by atoms with Gasteiger partial charge >= 0.3 is 0 Å². The first kappa shape index (κ1) is 14.1. The second kappa shape index (κ2) is 5.50. The lowest BCUT2D eigenvalue weighted by Gasteiger charge is -2.13. The van der Waals surface area contributed by atoms with Gasteiger partial charge in [-0.05, 0) is 56.1 Å². The lowest BCUT2D eigenvalue weighted by molar-refractivity contribution is -0.117. The van der Waals surface area contributed by atoms with E-state index in [1.807, 2.05) is 6.07 Å². The van der Waals surface area contributed by atoms with Crippen LogP contribution in [-0.4, -0.2) is 11.8 Å². The number of anilines is 1. The molecule has 3 rings (SSSR count). The number of nitrogens with zero attached hydrogens (tertiary/aromatic N) is 1. The van der Waals surface area contributed by atoms with Gasteiger partial charge in [0.2, 0.25) is 0 Å². The predicted molar refractivity (Wildman–Crippen MR) is 84.2 cm³/mol. The molecule has 5 nitrogen and oxygen atoms in total. The monoisotopic (exact) mass is 410 g/mol. The molecule has 0 spiro atoms. The van der Waals surface area contributed by atoms with E-state index in [1.165, 1.54) is 11.1 Å². The standard InChI is InChI=1S/C14H8Br2N2O3/c15-11-7-9(21-12(11)16)6-10-13(19)17-18(14(10)20)8-4-2-1-3-5-8/h1-7H,(H,17,19)/b10-6-. The zero-order chi connectivity index (χ0) is 15.0. The van der Waals surface area contributed by atoms with Crippen molar-refractivity contribution in [2.45, 2.75) is 0 Å². The van der Waals surface area contributed by atoms with E-state index in [0.717, 1.165) is 0 Å². The van der Waals surface area contributed by atoms with Crippen LogP contribution in [0, 0.1) is 0 Å². The molecule has 0 bridgehead atoms. The number of carbonyl (C=O) groups is 2. The van der Waals surface area contributed by atoms with Gasteiger partial charge in [0.15, 0.2) is 4.67 Å². The van der Waals surface area contributed by atoms with Crippen LogP contribution in [0.3, 0.4) is 0 Å². The molecule has 1 aliphatic rings. The Morgan fingerprint density at radius 3 is 2.48 bits per heavy atom. The summed E-state index contributed by atoms with van der Waals surface area (Å²) in [6, 6.07) is 10.6. The lowest BCUT2D eigenvalue weighted by Crippen LogP contribution is -2.35. The van der Waals surface area contributed by atoms with Gasteiger partial charge in [0.05, 0.1) is 10.2 Å². The fourth-order valence-corrected chi connectivity index (χ4v) is 2.50. The van der Waals surface area contributed by atoms with Crippen molar-refractivity contribution in [2.24, 2.45) is 0 Å². The Morgan fingerprint density at radius 2 is 1.86 bits per heavy atom. The summed E-state index contributed by atoms with van der Waals surface area (Å²) in [7, 11) is 0. The number of amides is 2. The van der Waals surface area contributed by atoms with Crippen molar-refractivity contribution in [1.29, 1.82) is 0 Å². The van der Waals surface area contributed by atoms with E-state index in [4.69, 9.17) is 4.42 Å². The average molecular weight is 412 g/mol. The van der Waals surface area contributed by atoms with Crippen molar-refractivity contribution in [2.75, 3.05) is 5.01 Å². The van der Waals surface area contributed by atoms with Crippen molar-refractivity contribution in [3.05, 3.63) is 56.9 Å². The topological polar surface area (TPSA) is 62.6 Å². The van der Waals surface area contributed by atoms with Crippen LogP contribution >= 0.6 is 31.9 Å². The fourth-order valence-electron chi connectivity index (χ4n) is 1.89.